The van der Waals surface area contributed by atoms with Gasteiger partial charge in [0.1, 0.15) is 6.07 Å². The first kappa shape index (κ1) is 11.8. The smallest absolute Gasteiger partial charge is 0.101 e. The molecule has 0 radical (unpaired) electrons. The predicted octanol–water partition coefficient (Wildman–Crippen LogP) is 2.39. The molecule has 2 N–H and O–H groups in total. The molecule has 0 aliphatic rings. The number of hydrogen-bond donors (Lipinski definition) is 2. The van der Waals surface area contributed by atoms with Crippen LogP contribution in [0.2, 0.25) is 5.02 Å². The molecule has 80 valence electrons. The number of benzene rings is 1. The first-order valence-electron chi connectivity index (χ1n) is 4.58. The zero-order chi connectivity index (χ0) is 11.5. The van der Waals surface area contributed by atoms with Crippen molar-refractivity contribution in [3.63, 3.8) is 0 Å². The second-order valence-electron chi connectivity index (χ2n) is 3.97. The number of rotatable bonds is 3. The lowest BCUT2D eigenvalue weighted by Crippen LogP contribution is -2.29. The van der Waals surface area contributed by atoms with Crippen molar-refractivity contribution in [2.24, 2.45) is 0 Å². The van der Waals surface area contributed by atoms with E-state index in [1.807, 2.05) is 6.07 Å². The van der Waals surface area contributed by atoms with Gasteiger partial charge in [-0.15, -0.1) is 0 Å². The SMILES string of the molecule is CC(C)(O)CNc1ccc(Cl)cc1C#N. The maximum atomic E-state index is 9.53. The number of hydrogen-bond acceptors (Lipinski definition) is 3. The van der Waals surface area contributed by atoms with Gasteiger partial charge in [0.15, 0.2) is 0 Å². The van der Waals surface area contributed by atoms with Gasteiger partial charge in [-0.25, -0.2) is 0 Å². The van der Waals surface area contributed by atoms with Crippen molar-refractivity contribution in [3.8, 4) is 6.07 Å². The van der Waals surface area contributed by atoms with Crippen LogP contribution in [0.25, 0.3) is 0 Å². The van der Waals surface area contributed by atoms with Gasteiger partial charge in [0.25, 0.3) is 0 Å². The van der Waals surface area contributed by atoms with Crippen LogP contribution in [0.15, 0.2) is 18.2 Å². The molecular weight excluding hydrogens is 212 g/mol. The monoisotopic (exact) mass is 224 g/mol. The van der Waals surface area contributed by atoms with Crippen molar-refractivity contribution in [1.82, 2.24) is 0 Å². The van der Waals surface area contributed by atoms with Crippen molar-refractivity contribution < 1.29 is 5.11 Å². The highest BCUT2D eigenvalue weighted by Gasteiger charge is 2.12. The fourth-order valence-electron chi connectivity index (χ4n) is 1.07. The summed E-state index contributed by atoms with van der Waals surface area (Å²) in [6, 6.07) is 7.07. The molecule has 15 heavy (non-hydrogen) atoms. The van der Waals surface area contributed by atoms with E-state index in [0.29, 0.717) is 22.8 Å². The molecule has 0 unspecified atom stereocenters. The summed E-state index contributed by atoms with van der Waals surface area (Å²) in [6.45, 7) is 3.77. The van der Waals surface area contributed by atoms with Crippen molar-refractivity contribution in [2.45, 2.75) is 19.4 Å². The highest BCUT2D eigenvalue weighted by molar-refractivity contribution is 6.30. The van der Waals surface area contributed by atoms with Gasteiger partial charge in [0.05, 0.1) is 16.9 Å². The molecule has 0 aromatic heterocycles. The number of nitrogens with one attached hydrogen (secondary N) is 1. The first-order chi connectivity index (χ1) is 6.92. The third-order valence-electron chi connectivity index (χ3n) is 1.81. The third-order valence-corrected chi connectivity index (χ3v) is 2.05. The van der Waals surface area contributed by atoms with E-state index in [-0.39, 0.29) is 0 Å². The topological polar surface area (TPSA) is 56.0 Å². The summed E-state index contributed by atoms with van der Waals surface area (Å²) in [5, 5.41) is 21.9. The minimum Gasteiger partial charge on any atom is -0.389 e. The van der Waals surface area contributed by atoms with Crippen LogP contribution in [0, 0.1) is 11.3 Å². The standard InChI is InChI=1S/C11H13ClN2O/c1-11(2,15)7-14-10-4-3-9(12)5-8(10)6-13/h3-5,14-15H,7H2,1-2H3. The van der Waals surface area contributed by atoms with Crippen molar-refractivity contribution >= 4 is 17.3 Å². The average Bonchev–Trinajstić information content (AvgIpc) is 2.14. The summed E-state index contributed by atoms with van der Waals surface area (Å²) in [5.41, 5.74) is 0.350. The van der Waals surface area contributed by atoms with Crippen LogP contribution >= 0.6 is 11.6 Å². The van der Waals surface area contributed by atoms with Gasteiger partial charge in [-0.3, -0.25) is 0 Å². The van der Waals surface area contributed by atoms with Crippen LogP contribution in [0.4, 0.5) is 5.69 Å². The summed E-state index contributed by atoms with van der Waals surface area (Å²) >= 11 is 5.76. The maximum Gasteiger partial charge on any atom is 0.101 e. The zero-order valence-corrected chi connectivity index (χ0v) is 9.47. The van der Waals surface area contributed by atoms with E-state index in [9.17, 15) is 5.11 Å². The molecule has 0 aliphatic carbocycles. The number of halogens is 1. The lowest BCUT2D eigenvalue weighted by molar-refractivity contribution is 0.0945. The van der Waals surface area contributed by atoms with E-state index in [2.05, 4.69) is 5.32 Å². The fourth-order valence-corrected chi connectivity index (χ4v) is 1.25. The summed E-state index contributed by atoms with van der Waals surface area (Å²) < 4.78 is 0. The molecule has 0 amide bonds. The number of anilines is 1. The quantitative estimate of drug-likeness (QED) is 0.829. The van der Waals surface area contributed by atoms with Gasteiger partial charge in [-0.1, -0.05) is 11.6 Å². The molecule has 0 heterocycles. The van der Waals surface area contributed by atoms with Crippen LogP contribution in [0.5, 0.6) is 0 Å². The molecular formula is C11H13ClN2O. The second-order valence-corrected chi connectivity index (χ2v) is 4.40. The maximum absolute atomic E-state index is 9.53. The van der Waals surface area contributed by atoms with Crippen molar-refractivity contribution in [3.05, 3.63) is 28.8 Å². The molecule has 1 aromatic rings. The lowest BCUT2D eigenvalue weighted by atomic mass is 10.1. The van der Waals surface area contributed by atoms with Gasteiger partial charge in [0, 0.05) is 11.6 Å². The number of aliphatic hydroxyl groups is 1. The Kier molecular flexibility index (Phi) is 3.57. The largest absolute Gasteiger partial charge is 0.389 e. The Labute approximate surface area is 94.3 Å². The van der Waals surface area contributed by atoms with Crippen molar-refractivity contribution in [2.75, 3.05) is 11.9 Å². The minimum absolute atomic E-state index is 0.378. The Morgan fingerprint density at radius 2 is 2.20 bits per heavy atom. The van der Waals surface area contributed by atoms with Gasteiger partial charge >= 0.3 is 0 Å². The summed E-state index contributed by atoms with van der Waals surface area (Å²) in [5.74, 6) is 0. The van der Waals surface area contributed by atoms with E-state index in [1.165, 1.54) is 0 Å². The third kappa shape index (κ3) is 3.78. The van der Waals surface area contributed by atoms with E-state index < -0.39 is 5.60 Å². The molecule has 0 saturated heterocycles. The molecule has 4 heteroatoms. The van der Waals surface area contributed by atoms with Crippen LogP contribution in [-0.4, -0.2) is 17.3 Å². The molecule has 0 fully saturated rings. The molecule has 0 aliphatic heterocycles. The molecule has 1 rings (SSSR count). The zero-order valence-electron chi connectivity index (χ0n) is 8.71. The molecule has 1 aromatic carbocycles. The predicted molar refractivity (Wildman–Crippen MR) is 61.0 cm³/mol. The van der Waals surface area contributed by atoms with Crippen LogP contribution in [0.1, 0.15) is 19.4 Å². The highest BCUT2D eigenvalue weighted by atomic mass is 35.5. The van der Waals surface area contributed by atoms with Gasteiger partial charge in [-0.2, -0.15) is 5.26 Å². The molecule has 0 atom stereocenters. The molecule has 0 saturated carbocycles. The van der Waals surface area contributed by atoms with Crippen LogP contribution in [-0.2, 0) is 0 Å². The van der Waals surface area contributed by atoms with Crippen LogP contribution in [0.3, 0.4) is 0 Å². The normalized spacial score (nSPS) is 10.9. The first-order valence-corrected chi connectivity index (χ1v) is 4.96. The Balaban J connectivity index is 2.82. The number of nitrogens with zero attached hydrogens (tertiary/aromatic N) is 1. The Morgan fingerprint density at radius 3 is 2.73 bits per heavy atom. The number of nitriles is 1. The second kappa shape index (κ2) is 4.52. The Bertz CT molecular complexity index is 391. The van der Waals surface area contributed by atoms with Gasteiger partial charge in [0.2, 0.25) is 0 Å². The van der Waals surface area contributed by atoms with Crippen LogP contribution < -0.4 is 5.32 Å². The van der Waals surface area contributed by atoms with E-state index in [0.717, 1.165) is 0 Å². The Hall–Kier alpha value is -1.24. The summed E-state index contributed by atoms with van der Waals surface area (Å²) in [7, 11) is 0. The van der Waals surface area contributed by atoms with E-state index in [1.54, 1.807) is 32.0 Å². The summed E-state index contributed by atoms with van der Waals surface area (Å²) in [6.07, 6.45) is 0. The molecule has 3 nitrogen and oxygen atoms in total. The molecule has 0 bridgehead atoms. The van der Waals surface area contributed by atoms with Gasteiger partial charge < -0.3 is 10.4 Å². The van der Waals surface area contributed by atoms with E-state index in [4.69, 9.17) is 16.9 Å². The summed E-state index contributed by atoms with van der Waals surface area (Å²) in [4.78, 5) is 0. The van der Waals surface area contributed by atoms with E-state index >= 15 is 0 Å². The Morgan fingerprint density at radius 1 is 1.53 bits per heavy atom. The average molecular weight is 225 g/mol. The lowest BCUT2D eigenvalue weighted by Gasteiger charge is -2.19. The highest BCUT2D eigenvalue weighted by Crippen LogP contribution is 2.20. The fraction of sp³-hybridized carbons (Fsp3) is 0.364. The van der Waals surface area contributed by atoms with Gasteiger partial charge in [-0.05, 0) is 32.0 Å². The van der Waals surface area contributed by atoms with Crippen molar-refractivity contribution in [1.29, 1.82) is 5.26 Å². The minimum atomic E-state index is -0.813. The molecule has 0 spiro atoms.